The standard InChI is InChI=1S/C20H21N3O4/c1-15-5-9-17(10-6-15)22(20(25)21-13-3-2-4-14-21)19(24)16-7-11-18(12-8-16)23(26)27/h5-12H,2-4,13-14H2,1H3. The molecule has 1 aliphatic rings. The van der Waals surface area contributed by atoms with Crippen LogP contribution in [0.2, 0.25) is 0 Å². The Morgan fingerprint density at radius 2 is 1.56 bits per heavy atom. The van der Waals surface area contributed by atoms with Gasteiger partial charge < -0.3 is 4.90 Å². The van der Waals surface area contributed by atoms with E-state index in [4.69, 9.17) is 0 Å². The minimum Gasteiger partial charge on any atom is -0.324 e. The molecular weight excluding hydrogens is 346 g/mol. The van der Waals surface area contributed by atoms with Gasteiger partial charge in [-0.2, -0.15) is 0 Å². The highest BCUT2D eigenvalue weighted by Gasteiger charge is 2.30. The molecule has 0 aromatic heterocycles. The molecule has 140 valence electrons. The van der Waals surface area contributed by atoms with Gasteiger partial charge in [0.15, 0.2) is 0 Å². The maximum atomic E-state index is 13.1. The average molecular weight is 367 g/mol. The highest BCUT2D eigenvalue weighted by atomic mass is 16.6. The number of anilines is 1. The zero-order valence-corrected chi connectivity index (χ0v) is 15.1. The molecule has 1 aliphatic heterocycles. The summed E-state index contributed by atoms with van der Waals surface area (Å²) in [4.78, 5) is 39.4. The highest BCUT2D eigenvalue weighted by Crippen LogP contribution is 2.23. The summed E-state index contributed by atoms with van der Waals surface area (Å²) in [6.07, 6.45) is 2.91. The van der Waals surface area contributed by atoms with Gasteiger partial charge in [0.1, 0.15) is 0 Å². The van der Waals surface area contributed by atoms with E-state index < -0.39 is 10.8 Å². The van der Waals surface area contributed by atoms with Gasteiger partial charge in [0, 0.05) is 30.8 Å². The van der Waals surface area contributed by atoms with E-state index in [2.05, 4.69) is 0 Å². The number of benzene rings is 2. The van der Waals surface area contributed by atoms with Crippen molar-refractivity contribution in [2.45, 2.75) is 26.2 Å². The van der Waals surface area contributed by atoms with Gasteiger partial charge in [0.05, 0.1) is 10.6 Å². The second-order valence-electron chi connectivity index (χ2n) is 6.61. The molecule has 1 heterocycles. The first-order chi connectivity index (χ1) is 13.0. The summed E-state index contributed by atoms with van der Waals surface area (Å²) in [7, 11) is 0. The predicted octanol–water partition coefficient (Wildman–Crippen LogP) is 4.16. The largest absolute Gasteiger partial charge is 0.331 e. The monoisotopic (exact) mass is 367 g/mol. The number of carbonyl (C=O) groups excluding carboxylic acids is 2. The Kier molecular flexibility index (Phi) is 5.49. The van der Waals surface area contributed by atoms with E-state index >= 15 is 0 Å². The summed E-state index contributed by atoms with van der Waals surface area (Å²) in [6.45, 7) is 3.17. The highest BCUT2D eigenvalue weighted by molar-refractivity contribution is 6.20. The molecule has 0 spiro atoms. The van der Waals surface area contributed by atoms with Gasteiger partial charge in [-0.3, -0.25) is 14.9 Å². The Hall–Kier alpha value is -3.22. The van der Waals surface area contributed by atoms with Crippen LogP contribution in [0.3, 0.4) is 0 Å². The smallest absolute Gasteiger partial charge is 0.324 e. The van der Waals surface area contributed by atoms with Crippen LogP contribution in [0.25, 0.3) is 0 Å². The van der Waals surface area contributed by atoms with Crippen molar-refractivity contribution in [1.82, 2.24) is 4.90 Å². The fourth-order valence-corrected chi connectivity index (χ4v) is 3.09. The van der Waals surface area contributed by atoms with E-state index in [-0.39, 0.29) is 17.3 Å². The van der Waals surface area contributed by atoms with E-state index in [1.165, 1.54) is 24.3 Å². The normalized spacial score (nSPS) is 13.9. The van der Waals surface area contributed by atoms with Gasteiger partial charge in [0.25, 0.3) is 11.6 Å². The second-order valence-corrected chi connectivity index (χ2v) is 6.61. The number of piperidine rings is 1. The van der Waals surface area contributed by atoms with Crippen molar-refractivity contribution in [2.24, 2.45) is 0 Å². The van der Waals surface area contributed by atoms with Crippen LogP contribution in [0.5, 0.6) is 0 Å². The maximum absolute atomic E-state index is 13.1. The number of nitrogens with zero attached hydrogens (tertiary/aromatic N) is 3. The Labute approximate surface area is 157 Å². The molecule has 0 saturated carbocycles. The molecule has 27 heavy (non-hydrogen) atoms. The van der Waals surface area contributed by atoms with Crippen LogP contribution in [-0.4, -0.2) is 34.9 Å². The molecule has 7 nitrogen and oxygen atoms in total. The molecule has 1 fully saturated rings. The number of imide groups is 1. The number of carbonyl (C=O) groups is 2. The lowest BCUT2D eigenvalue weighted by Crippen LogP contribution is -2.48. The number of hydrogen-bond donors (Lipinski definition) is 0. The fraction of sp³-hybridized carbons (Fsp3) is 0.300. The van der Waals surface area contributed by atoms with Crippen LogP contribution in [0.15, 0.2) is 48.5 Å². The molecule has 2 aromatic rings. The molecule has 0 atom stereocenters. The van der Waals surface area contributed by atoms with Crippen LogP contribution in [0.1, 0.15) is 35.2 Å². The van der Waals surface area contributed by atoms with E-state index in [9.17, 15) is 19.7 Å². The summed E-state index contributed by atoms with van der Waals surface area (Å²) < 4.78 is 0. The number of aryl methyl sites for hydroxylation is 1. The molecule has 0 aliphatic carbocycles. The van der Waals surface area contributed by atoms with Crippen molar-refractivity contribution in [3.8, 4) is 0 Å². The molecule has 0 unspecified atom stereocenters. The van der Waals surface area contributed by atoms with E-state index in [1.54, 1.807) is 17.0 Å². The number of likely N-dealkylation sites (tertiary alicyclic amines) is 1. The van der Waals surface area contributed by atoms with Crippen molar-refractivity contribution in [3.05, 3.63) is 69.8 Å². The van der Waals surface area contributed by atoms with Gasteiger partial charge in [0.2, 0.25) is 0 Å². The van der Waals surface area contributed by atoms with Crippen LogP contribution in [0, 0.1) is 17.0 Å². The molecule has 2 aromatic carbocycles. The summed E-state index contributed by atoms with van der Waals surface area (Å²) in [5.41, 5.74) is 1.63. The average Bonchev–Trinajstić information content (AvgIpc) is 2.70. The van der Waals surface area contributed by atoms with E-state index in [0.29, 0.717) is 18.8 Å². The number of nitro groups is 1. The topological polar surface area (TPSA) is 83.8 Å². The third kappa shape index (κ3) is 4.13. The van der Waals surface area contributed by atoms with Gasteiger partial charge in [-0.25, -0.2) is 9.69 Å². The number of urea groups is 1. The molecule has 0 radical (unpaired) electrons. The van der Waals surface area contributed by atoms with Gasteiger partial charge >= 0.3 is 6.03 Å². The summed E-state index contributed by atoms with van der Waals surface area (Å²) in [5, 5.41) is 10.8. The van der Waals surface area contributed by atoms with Crippen LogP contribution in [-0.2, 0) is 0 Å². The predicted molar refractivity (Wildman–Crippen MR) is 102 cm³/mol. The van der Waals surface area contributed by atoms with E-state index in [0.717, 1.165) is 29.7 Å². The quantitative estimate of drug-likeness (QED) is 0.602. The van der Waals surface area contributed by atoms with Crippen molar-refractivity contribution in [1.29, 1.82) is 0 Å². The number of hydrogen-bond acceptors (Lipinski definition) is 4. The number of rotatable bonds is 3. The Bertz CT molecular complexity index is 841. The third-order valence-corrected chi connectivity index (χ3v) is 4.64. The first-order valence-electron chi connectivity index (χ1n) is 8.92. The Balaban J connectivity index is 1.95. The van der Waals surface area contributed by atoms with Crippen molar-refractivity contribution >= 4 is 23.3 Å². The fourth-order valence-electron chi connectivity index (χ4n) is 3.09. The van der Waals surface area contributed by atoms with Crippen molar-refractivity contribution in [3.63, 3.8) is 0 Å². The molecular formula is C20H21N3O4. The maximum Gasteiger partial charge on any atom is 0.331 e. The van der Waals surface area contributed by atoms with Gasteiger partial charge in [-0.1, -0.05) is 17.7 Å². The number of nitro benzene ring substituents is 1. The lowest BCUT2D eigenvalue weighted by molar-refractivity contribution is -0.384. The van der Waals surface area contributed by atoms with Crippen molar-refractivity contribution in [2.75, 3.05) is 18.0 Å². The SMILES string of the molecule is Cc1ccc(N(C(=O)c2ccc([N+](=O)[O-])cc2)C(=O)N2CCCCC2)cc1. The first-order valence-corrected chi connectivity index (χ1v) is 8.92. The first kappa shape index (κ1) is 18.6. The lowest BCUT2D eigenvalue weighted by atomic mass is 10.1. The van der Waals surface area contributed by atoms with Gasteiger partial charge in [-0.15, -0.1) is 0 Å². The minimum absolute atomic E-state index is 0.101. The van der Waals surface area contributed by atoms with Gasteiger partial charge in [-0.05, 0) is 50.5 Å². The summed E-state index contributed by atoms with van der Waals surface area (Å²) in [6, 6.07) is 12.1. The number of non-ortho nitro benzene ring substituents is 1. The van der Waals surface area contributed by atoms with Crippen molar-refractivity contribution < 1.29 is 14.5 Å². The second kappa shape index (κ2) is 7.99. The summed E-state index contributed by atoms with van der Waals surface area (Å²) in [5.74, 6) is -0.496. The number of amides is 3. The Morgan fingerprint density at radius 3 is 2.11 bits per heavy atom. The molecule has 7 heteroatoms. The summed E-state index contributed by atoms with van der Waals surface area (Å²) >= 11 is 0. The third-order valence-electron chi connectivity index (χ3n) is 4.64. The lowest BCUT2D eigenvalue weighted by Gasteiger charge is -2.32. The molecule has 3 rings (SSSR count). The molecule has 0 bridgehead atoms. The minimum atomic E-state index is -0.523. The molecule has 3 amide bonds. The molecule has 1 saturated heterocycles. The zero-order chi connectivity index (χ0) is 19.4. The Morgan fingerprint density at radius 1 is 0.963 bits per heavy atom. The van der Waals surface area contributed by atoms with Crippen LogP contribution < -0.4 is 4.90 Å². The van der Waals surface area contributed by atoms with Crippen LogP contribution in [0.4, 0.5) is 16.2 Å². The van der Waals surface area contributed by atoms with E-state index in [1.807, 2.05) is 19.1 Å². The zero-order valence-electron chi connectivity index (χ0n) is 15.1. The molecule has 0 N–H and O–H groups in total. The van der Waals surface area contributed by atoms with Crippen LogP contribution >= 0.6 is 0 Å².